The lowest BCUT2D eigenvalue weighted by atomic mass is 9.93. The normalized spacial score (nSPS) is 20.2. The molecule has 0 saturated carbocycles. The van der Waals surface area contributed by atoms with Crippen molar-refractivity contribution in [3.63, 3.8) is 0 Å². The lowest BCUT2D eigenvalue weighted by molar-refractivity contribution is -0.125. The number of thiophene rings is 1. The molecule has 2 aromatic heterocycles. The van der Waals surface area contributed by atoms with E-state index in [2.05, 4.69) is 41.4 Å². The lowest BCUT2D eigenvalue weighted by Gasteiger charge is -2.37. The van der Waals surface area contributed by atoms with E-state index in [0.717, 1.165) is 57.0 Å². The van der Waals surface area contributed by atoms with Crippen LogP contribution in [0.15, 0.2) is 24.5 Å². The number of imide groups is 1. The molecule has 2 N–H and O–H groups in total. The summed E-state index contributed by atoms with van der Waals surface area (Å²) in [5.41, 5.74) is 4.51. The van der Waals surface area contributed by atoms with Crippen LogP contribution in [0.1, 0.15) is 29.9 Å². The van der Waals surface area contributed by atoms with Crippen LogP contribution in [0.4, 0.5) is 4.79 Å². The zero-order valence-corrected chi connectivity index (χ0v) is 20.8. The zero-order valence-electron chi connectivity index (χ0n) is 19.3. The van der Waals surface area contributed by atoms with Crippen molar-refractivity contribution in [2.24, 2.45) is 0 Å². The van der Waals surface area contributed by atoms with Gasteiger partial charge in [-0.25, -0.2) is 14.8 Å². The number of fused-ring (bicyclic) bond motifs is 1. The van der Waals surface area contributed by atoms with Crippen LogP contribution in [-0.2, 0) is 22.5 Å². The number of ether oxygens (including phenoxy) is 1. The molecule has 2 saturated heterocycles. The van der Waals surface area contributed by atoms with Crippen LogP contribution in [0.25, 0.3) is 21.5 Å². The molecular weight excluding hydrogens is 474 g/mol. The molecule has 0 spiro atoms. The average molecular weight is 500 g/mol. The fraction of sp³-hybridized carbons (Fsp3) is 0.417. The van der Waals surface area contributed by atoms with Gasteiger partial charge in [-0.05, 0) is 50.1 Å². The highest BCUT2D eigenvalue weighted by Crippen LogP contribution is 2.37. The van der Waals surface area contributed by atoms with Crippen LogP contribution in [0, 0.1) is 6.92 Å². The summed E-state index contributed by atoms with van der Waals surface area (Å²) < 4.78 is 7.24. The first-order valence-electron chi connectivity index (χ1n) is 11.2. The van der Waals surface area contributed by atoms with Crippen molar-refractivity contribution in [1.29, 1.82) is 0 Å². The summed E-state index contributed by atoms with van der Waals surface area (Å²) in [7, 11) is 0. The number of aromatic nitrogens is 2. The summed E-state index contributed by atoms with van der Waals surface area (Å²) >= 11 is 7.98. The third-order valence-corrected chi connectivity index (χ3v) is 7.48. The number of nitrogens with zero attached hydrogens (tertiary/aromatic N) is 3. The minimum absolute atomic E-state index is 0.0262. The maximum absolute atomic E-state index is 12.0. The molecule has 0 radical (unpaired) electrons. The van der Waals surface area contributed by atoms with Gasteiger partial charge in [-0.2, -0.15) is 0 Å². The van der Waals surface area contributed by atoms with Crippen molar-refractivity contribution in [2.45, 2.75) is 45.4 Å². The first kappa shape index (κ1) is 23.2. The topological polar surface area (TPSA) is 96.5 Å². The number of nitrogens with one attached hydrogen (secondary N) is 2. The molecule has 178 valence electrons. The van der Waals surface area contributed by atoms with Gasteiger partial charge in [-0.1, -0.05) is 11.6 Å². The molecule has 1 unspecified atom stereocenters. The fourth-order valence-electron chi connectivity index (χ4n) is 4.61. The molecule has 1 aromatic carbocycles. The highest BCUT2D eigenvalue weighted by atomic mass is 35.5. The number of benzene rings is 1. The summed E-state index contributed by atoms with van der Waals surface area (Å²) in [6.45, 7) is 8.08. The summed E-state index contributed by atoms with van der Waals surface area (Å²) in [6.07, 6.45) is 2.29. The van der Waals surface area contributed by atoms with Crippen molar-refractivity contribution >= 4 is 45.1 Å². The minimum atomic E-state index is -0.370. The van der Waals surface area contributed by atoms with Gasteiger partial charge >= 0.3 is 6.03 Å². The monoisotopic (exact) mass is 499 g/mol. The molecule has 2 fully saturated rings. The largest absolute Gasteiger partial charge is 0.369 e. The van der Waals surface area contributed by atoms with Crippen LogP contribution in [0.3, 0.4) is 0 Å². The molecular formula is C24H26ClN5O3S. The van der Waals surface area contributed by atoms with E-state index in [1.807, 2.05) is 18.2 Å². The SMILES string of the molecule is Cc1cc(Cl)cc(-c2ncnc3cc(CN4C(=O)CNC4=O)sc23)c1CC1CNCC(C)(C)O1. The van der Waals surface area contributed by atoms with Gasteiger partial charge < -0.3 is 15.4 Å². The van der Waals surface area contributed by atoms with Gasteiger partial charge in [0.1, 0.15) is 6.33 Å². The fourth-order valence-corrected chi connectivity index (χ4v) is 5.98. The van der Waals surface area contributed by atoms with E-state index in [1.165, 1.54) is 16.2 Å². The van der Waals surface area contributed by atoms with Crippen LogP contribution in [0.5, 0.6) is 0 Å². The first-order chi connectivity index (χ1) is 16.2. The predicted molar refractivity (Wildman–Crippen MR) is 132 cm³/mol. The van der Waals surface area contributed by atoms with Crippen LogP contribution in [-0.4, -0.2) is 58.1 Å². The van der Waals surface area contributed by atoms with Gasteiger partial charge in [0.25, 0.3) is 0 Å². The van der Waals surface area contributed by atoms with E-state index in [1.54, 1.807) is 6.33 Å². The quantitative estimate of drug-likeness (QED) is 0.520. The predicted octanol–water partition coefficient (Wildman–Crippen LogP) is 3.68. The van der Waals surface area contributed by atoms with Crippen LogP contribution in [0.2, 0.25) is 5.02 Å². The molecule has 1 atom stereocenters. The van der Waals surface area contributed by atoms with Crippen molar-refractivity contribution in [2.75, 3.05) is 19.6 Å². The average Bonchev–Trinajstić information content (AvgIpc) is 3.32. The molecule has 2 aliphatic heterocycles. The number of carbonyl (C=O) groups is 2. The number of aryl methyl sites for hydroxylation is 1. The standard InChI is InChI=1S/C24H26ClN5O3S/c1-13-4-14(25)5-18(17(13)6-15-8-26-11-24(2,3)33-15)21-22-19(28-12-29-21)7-16(34-22)10-30-20(31)9-27-23(30)32/h4-5,7,12,15,26H,6,8-11H2,1-3H3,(H,27,32). The van der Waals surface area contributed by atoms with E-state index in [4.69, 9.17) is 16.3 Å². The van der Waals surface area contributed by atoms with Gasteiger partial charge in [0.15, 0.2) is 0 Å². The van der Waals surface area contributed by atoms with E-state index in [-0.39, 0.29) is 36.7 Å². The molecule has 10 heteroatoms. The number of halogens is 1. The van der Waals surface area contributed by atoms with Crippen LogP contribution >= 0.6 is 22.9 Å². The molecule has 2 aliphatic rings. The number of hydrogen-bond acceptors (Lipinski definition) is 7. The van der Waals surface area contributed by atoms with E-state index in [9.17, 15) is 9.59 Å². The third-order valence-electron chi connectivity index (χ3n) is 6.15. The molecule has 3 aromatic rings. The van der Waals surface area contributed by atoms with Gasteiger partial charge in [-0.3, -0.25) is 9.69 Å². The van der Waals surface area contributed by atoms with E-state index < -0.39 is 0 Å². The molecule has 0 aliphatic carbocycles. The number of hydrogen-bond donors (Lipinski definition) is 2. The van der Waals surface area contributed by atoms with E-state index in [0.29, 0.717) is 5.02 Å². The maximum atomic E-state index is 12.0. The summed E-state index contributed by atoms with van der Waals surface area (Å²) in [6, 6.07) is 5.46. The Morgan fingerprint density at radius 3 is 2.82 bits per heavy atom. The molecule has 3 amide bonds. The highest BCUT2D eigenvalue weighted by Gasteiger charge is 2.31. The minimum Gasteiger partial charge on any atom is -0.369 e. The van der Waals surface area contributed by atoms with Gasteiger partial charge in [0, 0.05) is 35.0 Å². The number of rotatable bonds is 5. The molecule has 34 heavy (non-hydrogen) atoms. The third kappa shape index (κ3) is 4.53. The number of urea groups is 1. The summed E-state index contributed by atoms with van der Waals surface area (Å²) in [4.78, 5) is 35.2. The molecule has 4 heterocycles. The first-order valence-corrected chi connectivity index (χ1v) is 12.4. The van der Waals surface area contributed by atoms with Crippen molar-refractivity contribution < 1.29 is 14.3 Å². The van der Waals surface area contributed by atoms with Crippen LogP contribution < -0.4 is 10.6 Å². The number of morpholine rings is 1. The lowest BCUT2D eigenvalue weighted by Crippen LogP contribution is -2.51. The Kier molecular flexibility index (Phi) is 6.05. The Labute approximate surface area is 206 Å². The van der Waals surface area contributed by atoms with Crippen molar-refractivity contribution in [3.8, 4) is 11.3 Å². The summed E-state index contributed by atoms with van der Waals surface area (Å²) in [5.74, 6) is -0.231. The maximum Gasteiger partial charge on any atom is 0.324 e. The second-order valence-corrected chi connectivity index (χ2v) is 10.9. The molecule has 8 nitrogen and oxygen atoms in total. The molecule has 5 rings (SSSR count). The van der Waals surface area contributed by atoms with Gasteiger partial charge in [-0.15, -0.1) is 11.3 Å². The second-order valence-electron chi connectivity index (χ2n) is 9.37. The Hall–Kier alpha value is -2.59. The zero-order chi connectivity index (χ0) is 24.0. The molecule has 0 bridgehead atoms. The second kappa shape index (κ2) is 8.88. The van der Waals surface area contributed by atoms with Crippen molar-refractivity contribution in [3.05, 3.63) is 45.6 Å². The Bertz CT molecular complexity index is 1280. The number of carbonyl (C=O) groups excluding carboxylic acids is 2. The van der Waals surface area contributed by atoms with Crippen molar-refractivity contribution in [1.82, 2.24) is 25.5 Å². The highest BCUT2D eigenvalue weighted by molar-refractivity contribution is 7.19. The van der Waals surface area contributed by atoms with Gasteiger partial charge in [0.05, 0.1) is 40.7 Å². The smallest absolute Gasteiger partial charge is 0.324 e. The Morgan fingerprint density at radius 1 is 1.26 bits per heavy atom. The van der Waals surface area contributed by atoms with E-state index >= 15 is 0 Å². The van der Waals surface area contributed by atoms with Gasteiger partial charge in [0.2, 0.25) is 5.91 Å². The Morgan fingerprint density at radius 2 is 2.09 bits per heavy atom. The number of amides is 3. The Balaban J connectivity index is 1.53. The summed E-state index contributed by atoms with van der Waals surface area (Å²) in [5, 5.41) is 6.67.